The van der Waals surface area contributed by atoms with Gasteiger partial charge in [-0.25, -0.2) is 14.5 Å². The number of rotatable bonds is 9. The van der Waals surface area contributed by atoms with Gasteiger partial charge in [-0.3, -0.25) is 0 Å². The second-order valence-corrected chi connectivity index (χ2v) is 9.84. The minimum Gasteiger partial charge on any atom is -0.459 e. The number of anilines is 2. The molecule has 184 valence electrons. The van der Waals surface area contributed by atoms with Crippen LogP contribution in [-0.2, 0) is 6.42 Å². The van der Waals surface area contributed by atoms with Gasteiger partial charge in [-0.1, -0.05) is 19.4 Å². The van der Waals surface area contributed by atoms with Crippen LogP contribution in [0.5, 0.6) is 6.01 Å². The highest BCUT2D eigenvalue weighted by Gasteiger charge is 2.22. The van der Waals surface area contributed by atoms with E-state index in [4.69, 9.17) is 15.5 Å². The van der Waals surface area contributed by atoms with Crippen molar-refractivity contribution >= 4 is 17.3 Å². The number of pyridine rings is 1. The molecule has 0 amide bonds. The van der Waals surface area contributed by atoms with Crippen molar-refractivity contribution in [3.05, 3.63) is 35.3 Å². The SMILES string of the molecule is CCC[C@H](C)Oc1nc(N)c2ncc(Cc3cnc(N4CCC(CN(C)C)CC4)c(C)c3)n2n1. The Morgan fingerprint density at radius 1 is 1.21 bits per heavy atom. The number of hydrogen-bond acceptors (Lipinski definition) is 8. The lowest BCUT2D eigenvalue weighted by Gasteiger charge is -2.34. The number of nitrogen functional groups attached to an aromatic ring is 1. The first-order chi connectivity index (χ1) is 16.3. The van der Waals surface area contributed by atoms with E-state index < -0.39 is 0 Å². The highest BCUT2D eigenvalue weighted by molar-refractivity contribution is 5.60. The highest BCUT2D eigenvalue weighted by Crippen LogP contribution is 2.26. The van der Waals surface area contributed by atoms with E-state index in [1.165, 1.54) is 18.4 Å². The van der Waals surface area contributed by atoms with Gasteiger partial charge in [0.05, 0.1) is 18.0 Å². The second kappa shape index (κ2) is 10.5. The Kier molecular flexibility index (Phi) is 7.50. The maximum absolute atomic E-state index is 6.14. The first-order valence-electron chi connectivity index (χ1n) is 12.4. The summed E-state index contributed by atoms with van der Waals surface area (Å²) in [5.74, 6) is 2.19. The van der Waals surface area contributed by atoms with Gasteiger partial charge in [0.2, 0.25) is 0 Å². The van der Waals surface area contributed by atoms with Crippen LogP contribution in [0.3, 0.4) is 0 Å². The molecule has 0 unspecified atom stereocenters. The quantitative estimate of drug-likeness (QED) is 0.513. The molecule has 1 atom stereocenters. The summed E-state index contributed by atoms with van der Waals surface area (Å²) in [6, 6.07) is 2.51. The van der Waals surface area contributed by atoms with Crippen LogP contribution in [0.2, 0.25) is 0 Å². The molecule has 9 heteroatoms. The molecule has 0 aromatic carbocycles. The molecule has 0 spiro atoms. The summed E-state index contributed by atoms with van der Waals surface area (Å²) in [4.78, 5) is 18.3. The molecule has 0 aliphatic carbocycles. The van der Waals surface area contributed by atoms with Crippen molar-refractivity contribution in [3.8, 4) is 6.01 Å². The van der Waals surface area contributed by atoms with Crippen molar-refractivity contribution in [1.29, 1.82) is 0 Å². The molecule has 0 saturated carbocycles. The zero-order valence-corrected chi connectivity index (χ0v) is 21.2. The monoisotopic (exact) mass is 466 g/mol. The number of fused-ring (bicyclic) bond motifs is 1. The normalized spacial score (nSPS) is 15.9. The summed E-state index contributed by atoms with van der Waals surface area (Å²) < 4.78 is 7.62. The maximum atomic E-state index is 6.14. The van der Waals surface area contributed by atoms with Crippen molar-refractivity contribution < 1.29 is 4.74 Å². The van der Waals surface area contributed by atoms with Crippen molar-refractivity contribution in [2.75, 3.05) is 44.4 Å². The first kappa shape index (κ1) is 24.2. The molecule has 0 bridgehead atoms. The van der Waals surface area contributed by atoms with Gasteiger partial charge >= 0.3 is 6.01 Å². The summed E-state index contributed by atoms with van der Waals surface area (Å²) >= 11 is 0. The lowest BCUT2D eigenvalue weighted by molar-refractivity contribution is 0.189. The Labute approximate surface area is 202 Å². The van der Waals surface area contributed by atoms with Crippen LogP contribution in [-0.4, -0.2) is 69.3 Å². The number of hydrogen-bond donors (Lipinski definition) is 1. The van der Waals surface area contributed by atoms with Crippen LogP contribution >= 0.6 is 0 Å². The fourth-order valence-electron chi connectivity index (χ4n) is 4.85. The molecular formula is C25H38N8O. The lowest BCUT2D eigenvalue weighted by Crippen LogP contribution is -2.37. The number of imidazole rings is 1. The number of nitrogens with zero attached hydrogens (tertiary/aromatic N) is 7. The van der Waals surface area contributed by atoms with Gasteiger partial charge < -0.3 is 20.3 Å². The number of aromatic nitrogens is 5. The molecule has 1 fully saturated rings. The van der Waals surface area contributed by atoms with E-state index in [0.29, 0.717) is 17.9 Å². The average molecular weight is 467 g/mol. The van der Waals surface area contributed by atoms with E-state index in [1.807, 2.05) is 13.1 Å². The van der Waals surface area contributed by atoms with Crippen LogP contribution < -0.4 is 15.4 Å². The zero-order chi connectivity index (χ0) is 24.2. The van der Waals surface area contributed by atoms with E-state index in [2.05, 4.69) is 58.9 Å². The van der Waals surface area contributed by atoms with Crippen LogP contribution in [0.15, 0.2) is 18.5 Å². The van der Waals surface area contributed by atoms with Gasteiger partial charge in [0, 0.05) is 32.3 Å². The predicted molar refractivity (Wildman–Crippen MR) is 135 cm³/mol. The third-order valence-corrected chi connectivity index (χ3v) is 6.47. The molecule has 1 aliphatic heterocycles. The van der Waals surface area contributed by atoms with Gasteiger partial charge in [-0.05, 0) is 64.3 Å². The van der Waals surface area contributed by atoms with Gasteiger partial charge in [-0.2, -0.15) is 4.98 Å². The number of piperidine rings is 1. The smallest absolute Gasteiger partial charge is 0.336 e. The third-order valence-electron chi connectivity index (χ3n) is 6.47. The van der Waals surface area contributed by atoms with Gasteiger partial charge in [0.15, 0.2) is 11.5 Å². The molecular weight excluding hydrogens is 428 g/mol. The standard InChI is InChI=1S/C25H38N8O/c1-6-7-18(3)34-25-29-22(26)24-28-15-21(33(24)30-25)13-20-12-17(2)23(27-14-20)32-10-8-19(9-11-32)16-31(4)5/h12,14-15,18-19H,6-11,13,16H2,1-5H3,(H2,26,29,30)/t18-/m0/s1. The van der Waals surface area contributed by atoms with Crippen LogP contribution in [0.25, 0.3) is 5.65 Å². The van der Waals surface area contributed by atoms with E-state index in [9.17, 15) is 0 Å². The van der Waals surface area contributed by atoms with E-state index >= 15 is 0 Å². The average Bonchev–Trinajstić information content (AvgIpc) is 3.17. The zero-order valence-electron chi connectivity index (χ0n) is 21.2. The summed E-state index contributed by atoms with van der Waals surface area (Å²) in [7, 11) is 4.31. The van der Waals surface area contributed by atoms with Crippen molar-refractivity contribution in [3.63, 3.8) is 0 Å². The van der Waals surface area contributed by atoms with Gasteiger partial charge in [-0.15, -0.1) is 5.10 Å². The maximum Gasteiger partial charge on any atom is 0.336 e. The van der Waals surface area contributed by atoms with Gasteiger partial charge in [0.25, 0.3) is 0 Å². The lowest BCUT2D eigenvalue weighted by atomic mass is 9.96. The molecule has 34 heavy (non-hydrogen) atoms. The molecule has 0 radical (unpaired) electrons. The van der Waals surface area contributed by atoms with Crippen LogP contribution in [0.1, 0.15) is 56.4 Å². The fraction of sp³-hybridized carbons (Fsp3) is 0.600. The van der Waals surface area contributed by atoms with Crippen molar-refractivity contribution in [2.45, 2.75) is 59.0 Å². The summed E-state index contributed by atoms with van der Waals surface area (Å²) in [6.45, 7) is 9.58. The van der Waals surface area contributed by atoms with Crippen molar-refractivity contribution in [1.82, 2.24) is 29.5 Å². The summed E-state index contributed by atoms with van der Waals surface area (Å²) in [6.07, 6.45) is 8.85. The minimum atomic E-state index is 0.0289. The Morgan fingerprint density at radius 3 is 2.65 bits per heavy atom. The Bertz CT molecular complexity index is 1100. The van der Waals surface area contributed by atoms with E-state index in [-0.39, 0.29) is 12.1 Å². The Balaban J connectivity index is 1.48. The molecule has 1 aliphatic rings. The third kappa shape index (κ3) is 5.58. The summed E-state index contributed by atoms with van der Waals surface area (Å²) in [5, 5.41) is 4.56. The number of ether oxygens (including phenoxy) is 1. The molecule has 3 aromatic heterocycles. The number of aryl methyl sites for hydroxylation is 1. The Morgan fingerprint density at radius 2 is 1.97 bits per heavy atom. The summed E-state index contributed by atoms with van der Waals surface area (Å²) in [5.41, 5.74) is 9.93. The number of nitrogens with two attached hydrogens (primary N) is 1. The molecule has 3 aromatic rings. The largest absolute Gasteiger partial charge is 0.459 e. The highest BCUT2D eigenvalue weighted by atomic mass is 16.5. The molecule has 1 saturated heterocycles. The van der Waals surface area contributed by atoms with Gasteiger partial charge in [0.1, 0.15) is 5.82 Å². The van der Waals surface area contributed by atoms with Crippen LogP contribution in [0.4, 0.5) is 11.6 Å². The fourth-order valence-corrected chi connectivity index (χ4v) is 4.85. The molecule has 4 rings (SSSR count). The topological polar surface area (TPSA) is 97.7 Å². The minimum absolute atomic E-state index is 0.0289. The Hall–Kier alpha value is -2.94. The van der Waals surface area contributed by atoms with Crippen molar-refractivity contribution in [2.24, 2.45) is 5.92 Å². The predicted octanol–water partition coefficient (Wildman–Crippen LogP) is 3.35. The second-order valence-electron chi connectivity index (χ2n) is 9.84. The molecule has 4 heterocycles. The van der Waals surface area contributed by atoms with E-state index in [1.54, 1.807) is 10.7 Å². The molecule has 2 N–H and O–H groups in total. The van der Waals surface area contributed by atoms with E-state index in [0.717, 1.165) is 55.5 Å². The first-order valence-corrected chi connectivity index (χ1v) is 12.4. The molecule has 9 nitrogen and oxygen atoms in total. The van der Waals surface area contributed by atoms with Crippen LogP contribution in [0, 0.1) is 12.8 Å².